The van der Waals surface area contributed by atoms with E-state index in [2.05, 4.69) is 0 Å². The number of nitrogen functional groups attached to an aromatic ring is 1. The van der Waals surface area contributed by atoms with Gasteiger partial charge in [0.2, 0.25) is 5.91 Å². The molecule has 1 aromatic carbocycles. The molecule has 1 aliphatic rings. The van der Waals surface area contributed by atoms with Gasteiger partial charge in [-0.3, -0.25) is 4.79 Å². The Morgan fingerprint density at radius 1 is 1.44 bits per heavy atom. The highest BCUT2D eigenvalue weighted by Gasteiger charge is 2.18. The molecule has 0 aromatic heterocycles. The van der Waals surface area contributed by atoms with E-state index in [0.717, 1.165) is 18.4 Å². The molecule has 2 rings (SSSR count). The molecule has 0 aliphatic heterocycles. The van der Waals surface area contributed by atoms with Crippen molar-refractivity contribution in [3.8, 4) is 0 Å². The van der Waals surface area contributed by atoms with Gasteiger partial charge in [-0.2, -0.15) is 0 Å². The van der Waals surface area contributed by atoms with E-state index in [9.17, 15) is 4.79 Å². The summed E-state index contributed by atoms with van der Waals surface area (Å²) in [5.74, 6) is -0.460. The molecule has 0 saturated heterocycles. The van der Waals surface area contributed by atoms with E-state index < -0.39 is 5.91 Å². The Hall–Kier alpha value is -1.55. The second kappa shape index (κ2) is 4.53. The van der Waals surface area contributed by atoms with Crippen molar-refractivity contribution in [2.45, 2.75) is 32.0 Å². The highest BCUT2D eigenvalue weighted by Crippen LogP contribution is 2.24. The summed E-state index contributed by atoms with van der Waals surface area (Å²) in [5.41, 5.74) is 12.9. The van der Waals surface area contributed by atoms with E-state index in [1.54, 1.807) is 18.2 Å². The number of rotatable bonds is 4. The Balaban J connectivity index is 2.00. The van der Waals surface area contributed by atoms with Crippen molar-refractivity contribution in [2.75, 3.05) is 5.73 Å². The lowest BCUT2D eigenvalue weighted by atomic mass is 9.96. The second-order valence-electron chi connectivity index (χ2n) is 4.14. The van der Waals surface area contributed by atoms with Crippen molar-refractivity contribution in [2.24, 2.45) is 5.73 Å². The average molecular weight is 220 g/mol. The van der Waals surface area contributed by atoms with Gasteiger partial charge in [0.05, 0.1) is 12.7 Å². The van der Waals surface area contributed by atoms with E-state index in [4.69, 9.17) is 16.2 Å². The van der Waals surface area contributed by atoms with Gasteiger partial charge in [0, 0.05) is 16.8 Å². The van der Waals surface area contributed by atoms with Gasteiger partial charge in [0.25, 0.3) is 0 Å². The maximum absolute atomic E-state index is 10.9. The molecule has 1 saturated carbocycles. The Bertz CT molecular complexity index is 400. The molecule has 1 amide bonds. The molecule has 0 heterocycles. The number of hydrogen-bond acceptors (Lipinski definition) is 3. The average Bonchev–Trinajstić information content (AvgIpc) is 2.17. The molecular weight excluding hydrogens is 204 g/mol. The van der Waals surface area contributed by atoms with Crippen LogP contribution < -0.4 is 11.5 Å². The van der Waals surface area contributed by atoms with Gasteiger partial charge in [-0.15, -0.1) is 0 Å². The van der Waals surface area contributed by atoms with E-state index in [-0.39, 0.29) is 0 Å². The summed E-state index contributed by atoms with van der Waals surface area (Å²) in [6.45, 7) is 0.509. The first-order valence-corrected chi connectivity index (χ1v) is 5.46. The third-order valence-corrected chi connectivity index (χ3v) is 2.96. The minimum atomic E-state index is -0.460. The van der Waals surface area contributed by atoms with Crippen LogP contribution in [0.1, 0.15) is 35.2 Å². The molecule has 1 aromatic rings. The summed E-state index contributed by atoms with van der Waals surface area (Å²) in [6.07, 6.45) is 3.91. The molecule has 0 radical (unpaired) electrons. The number of anilines is 1. The normalized spacial score (nSPS) is 15.8. The SMILES string of the molecule is NC(=O)c1ccc(COC2CCC2)c(N)c1. The summed E-state index contributed by atoms with van der Waals surface area (Å²) < 4.78 is 5.65. The number of benzene rings is 1. The molecule has 1 fully saturated rings. The summed E-state index contributed by atoms with van der Waals surface area (Å²) in [5, 5.41) is 0. The predicted molar refractivity (Wildman–Crippen MR) is 61.8 cm³/mol. The van der Waals surface area contributed by atoms with Crippen LogP contribution in [-0.4, -0.2) is 12.0 Å². The van der Waals surface area contributed by atoms with Crippen molar-refractivity contribution in [1.82, 2.24) is 0 Å². The number of nitrogens with two attached hydrogens (primary N) is 2. The fourth-order valence-electron chi connectivity index (χ4n) is 1.62. The third kappa shape index (κ3) is 2.33. The van der Waals surface area contributed by atoms with Crippen LogP contribution in [0.4, 0.5) is 5.69 Å². The standard InChI is InChI=1S/C12H16N2O2/c13-11-6-8(12(14)15)4-5-9(11)7-16-10-2-1-3-10/h4-6,10H,1-3,7,13H2,(H2,14,15). The van der Waals surface area contributed by atoms with E-state index >= 15 is 0 Å². The number of hydrogen-bond donors (Lipinski definition) is 2. The molecule has 1 aliphatic carbocycles. The Labute approximate surface area is 94.6 Å². The molecule has 4 nitrogen and oxygen atoms in total. The van der Waals surface area contributed by atoms with Gasteiger partial charge in [0.1, 0.15) is 0 Å². The predicted octanol–water partition coefficient (Wildman–Crippen LogP) is 1.44. The van der Waals surface area contributed by atoms with E-state index in [0.29, 0.717) is 24.0 Å². The smallest absolute Gasteiger partial charge is 0.248 e. The molecule has 0 bridgehead atoms. The fraction of sp³-hybridized carbons (Fsp3) is 0.417. The summed E-state index contributed by atoms with van der Waals surface area (Å²) in [4.78, 5) is 10.9. The van der Waals surface area contributed by atoms with Crippen molar-refractivity contribution in [3.63, 3.8) is 0 Å². The number of carbonyl (C=O) groups excluding carboxylic acids is 1. The highest BCUT2D eigenvalue weighted by atomic mass is 16.5. The van der Waals surface area contributed by atoms with Crippen LogP contribution in [-0.2, 0) is 11.3 Å². The van der Waals surface area contributed by atoms with Crippen molar-refractivity contribution >= 4 is 11.6 Å². The van der Waals surface area contributed by atoms with Crippen LogP contribution in [0.15, 0.2) is 18.2 Å². The van der Waals surface area contributed by atoms with Gasteiger partial charge < -0.3 is 16.2 Å². The maximum Gasteiger partial charge on any atom is 0.248 e. The topological polar surface area (TPSA) is 78.3 Å². The van der Waals surface area contributed by atoms with Gasteiger partial charge >= 0.3 is 0 Å². The number of carbonyl (C=O) groups is 1. The first kappa shape index (κ1) is 11.0. The molecule has 4 heteroatoms. The Morgan fingerprint density at radius 2 is 2.19 bits per heavy atom. The van der Waals surface area contributed by atoms with Gasteiger partial charge in [-0.25, -0.2) is 0 Å². The van der Waals surface area contributed by atoms with Crippen molar-refractivity contribution < 1.29 is 9.53 Å². The minimum Gasteiger partial charge on any atom is -0.398 e. The number of primary amides is 1. The lowest BCUT2D eigenvalue weighted by Crippen LogP contribution is -2.21. The zero-order chi connectivity index (χ0) is 11.5. The highest BCUT2D eigenvalue weighted by molar-refractivity contribution is 5.93. The second-order valence-corrected chi connectivity index (χ2v) is 4.14. The van der Waals surface area contributed by atoms with Crippen molar-refractivity contribution in [1.29, 1.82) is 0 Å². The van der Waals surface area contributed by atoms with Crippen LogP contribution >= 0.6 is 0 Å². The number of amides is 1. The summed E-state index contributed by atoms with van der Waals surface area (Å²) in [6, 6.07) is 5.08. The number of ether oxygens (including phenoxy) is 1. The van der Waals surface area contributed by atoms with Crippen LogP contribution in [0.5, 0.6) is 0 Å². The molecule has 0 unspecified atom stereocenters. The lowest BCUT2D eigenvalue weighted by molar-refractivity contribution is -0.00841. The minimum absolute atomic E-state index is 0.384. The Kier molecular flexibility index (Phi) is 3.10. The molecule has 4 N–H and O–H groups in total. The molecule has 86 valence electrons. The monoisotopic (exact) mass is 220 g/mol. The van der Waals surface area contributed by atoms with E-state index in [1.807, 2.05) is 0 Å². The first-order chi connectivity index (χ1) is 7.66. The maximum atomic E-state index is 10.9. The zero-order valence-electron chi connectivity index (χ0n) is 9.11. The molecule has 16 heavy (non-hydrogen) atoms. The van der Waals surface area contributed by atoms with Crippen LogP contribution in [0.25, 0.3) is 0 Å². The molecule has 0 atom stereocenters. The summed E-state index contributed by atoms with van der Waals surface area (Å²) >= 11 is 0. The van der Waals surface area contributed by atoms with E-state index in [1.165, 1.54) is 6.42 Å². The van der Waals surface area contributed by atoms with Gasteiger partial charge in [0.15, 0.2) is 0 Å². The summed E-state index contributed by atoms with van der Waals surface area (Å²) in [7, 11) is 0. The third-order valence-electron chi connectivity index (χ3n) is 2.96. The van der Waals surface area contributed by atoms with Crippen molar-refractivity contribution in [3.05, 3.63) is 29.3 Å². The Morgan fingerprint density at radius 3 is 2.69 bits per heavy atom. The first-order valence-electron chi connectivity index (χ1n) is 5.46. The lowest BCUT2D eigenvalue weighted by Gasteiger charge is -2.25. The van der Waals surface area contributed by atoms with Gasteiger partial charge in [-0.05, 0) is 31.4 Å². The van der Waals surface area contributed by atoms with Crippen LogP contribution in [0.3, 0.4) is 0 Å². The van der Waals surface area contributed by atoms with Gasteiger partial charge in [-0.1, -0.05) is 6.07 Å². The van der Waals surface area contributed by atoms with Crippen LogP contribution in [0, 0.1) is 0 Å². The fourth-order valence-corrected chi connectivity index (χ4v) is 1.62. The quantitative estimate of drug-likeness (QED) is 0.753. The molecule has 0 spiro atoms. The largest absolute Gasteiger partial charge is 0.398 e. The zero-order valence-corrected chi connectivity index (χ0v) is 9.11. The molecular formula is C12H16N2O2. The van der Waals surface area contributed by atoms with Crippen LogP contribution in [0.2, 0.25) is 0 Å².